The minimum atomic E-state index is -0.334. The summed E-state index contributed by atoms with van der Waals surface area (Å²) in [6.07, 6.45) is 3.15. The summed E-state index contributed by atoms with van der Waals surface area (Å²) in [5, 5.41) is 0. The summed E-state index contributed by atoms with van der Waals surface area (Å²) in [5.41, 5.74) is 1.48. The van der Waals surface area contributed by atoms with Crippen LogP contribution in [-0.2, 0) is 16.1 Å². The Bertz CT molecular complexity index is 1440. The van der Waals surface area contributed by atoms with E-state index in [1.54, 1.807) is 30.2 Å². The number of fused-ring (bicyclic) bond motifs is 2. The van der Waals surface area contributed by atoms with Gasteiger partial charge in [-0.25, -0.2) is 4.98 Å². The van der Waals surface area contributed by atoms with Crippen molar-refractivity contribution in [2.45, 2.75) is 25.8 Å². The van der Waals surface area contributed by atoms with Crippen LogP contribution in [0.5, 0.6) is 17.2 Å². The van der Waals surface area contributed by atoms with Gasteiger partial charge in [0.2, 0.25) is 11.8 Å². The van der Waals surface area contributed by atoms with Crippen LogP contribution in [0.4, 0.5) is 5.69 Å². The van der Waals surface area contributed by atoms with E-state index in [2.05, 4.69) is 4.98 Å². The molecular formula is C27H28N4O6. The van der Waals surface area contributed by atoms with Crippen molar-refractivity contribution in [3.05, 3.63) is 52.9 Å². The van der Waals surface area contributed by atoms with Crippen LogP contribution in [0, 0.1) is 5.41 Å². The molecule has 0 N–H and O–H groups in total. The average molecular weight is 505 g/mol. The van der Waals surface area contributed by atoms with E-state index in [-0.39, 0.29) is 29.3 Å². The first-order valence-corrected chi connectivity index (χ1v) is 12.5. The lowest BCUT2D eigenvalue weighted by atomic mass is 9.77. The van der Waals surface area contributed by atoms with Crippen LogP contribution in [0.3, 0.4) is 0 Å². The summed E-state index contributed by atoms with van der Waals surface area (Å²) in [5.74, 6) is 1.91. The Balaban J connectivity index is 1.14. The molecule has 6 rings (SSSR count). The molecule has 0 atom stereocenters. The molecule has 2 aromatic carbocycles. The van der Waals surface area contributed by atoms with Crippen LogP contribution in [0.25, 0.3) is 11.0 Å². The lowest BCUT2D eigenvalue weighted by Crippen LogP contribution is -2.46. The average Bonchev–Trinajstić information content (AvgIpc) is 3.25. The quantitative estimate of drug-likeness (QED) is 0.537. The molecular weight excluding hydrogens is 476 g/mol. The number of ether oxygens (including phenoxy) is 3. The number of amides is 2. The summed E-state index contributed by atoms with van der Waals surface area (Å²) < 4.78 is 18.0. The number of rotatable bonds is 4. The van der Waals surface area contributed by atoms with Gasteiger partial charge < -0.3 is 24.0 Å². The van der Waals surface area contributed by atoms with Gasteiger partial charge in [0.1, 0.15) is 25.5 Å². The zero-order valence-electron chi connectivity index (χ0n) is 20.6. The van der Waals surface area contributed by atoms with E-state index in [9.17, 15) is 14.4 Å². The van der Waals surface area contributed by atoms with Gasteiger partial charge in [-0.1, -0.05) is 0 Å². The normalized spacial score (nSPS) is 18.5. The Morgan fingerprint density at radius 1 is 1.05 bits per heavy atom. The van der Waals surface area contributed by atoms with Crippen molar-refractivity contribution in [3.63, 3.8) is 0 Å². The monoisotopic (exact) mass is 504 g/mol. The number of anilines is 1. The minimum absolute atomic E-state index is 0.0692. The van der Waals surface area contributed by atoms with E-state index >= 15 is 0 Å². The van der Waals surface area contributed by atoms with E-state index in [4.69, 9.17) is 14.2 Å². The molecule has 0 aliphatic carbocycles. The Kier molecular flexibility index (Phi) is 5.73. The summed E-state index contributed by atoms with van der Waals surface area (Å²) >= 11 is 0. The smallest absolute Gasteiger partial charge is 0.269 e. The molecule has 2 saturated heterocycles. The molecule has 10 heteroatoms. The number of piperidine rings is 1. The second-order valence-electron chi connectivity index (χ2n) is 9.90. The number of carbonyl (C=O) groups excluding carboxylic acids is 2. The second-order valence-corrected chi connectivity index (χ2v) is 9.90. The molecule has 0 saturated carbocycles. The van der Waals surface area contributed by atoms with Gasteiger partial charge in [-0.3, -0.25) is 19.0 Å². The minimum Gasteiger partial charge on any atom is -0.497 e. The molecule has 37 heavy (non-hydrogen) atoms. The largest absolute Gasteiger partial charge is 0.497 e. The number of hydrogen-bond donors (Lipinski definition) is 0. The zero-order valence-corrected chi connectivity index (χ0v) is 20.6. The van der Waals surface area contributed by atoms with Crippen molar-refractivity contribution < 1.29 is 23.8 Å². The predicted molar refractivity (Wildman–Crippen MR) is 135 cm³/mol. The van der Waals surface area contributed by atoms with Crippen LogP contribution in [0.1, 0.15) is 19.3 Å². The number of likely N-dealkylation sites (tertiary alicyclic amines) is 1. The second kappa shape index (κ2) is 9.10. The molecule has 2 fully saturated rings. The Labute approximate surface area is 213 Å². The molecule has 2 amide bonds. The van der Waals surface area contributed by atoms with Gasteiger partial charge in [-0.05, 0) is 37.1 Å². The van der Waals surface area contributed by atoms with Gasteiger partial charge in [0, 0.05) is 49.3 Å². The van der Waals surface area contributed by atoms with Crippen LogP contribution >= 0.6 is 0 Å². The van der Waals surface area contributed by atoms with Crippen molar-refractivity contribution in [3.8, 4) is 17.2 Å². The van der Waals surface area contributed by atoms with E-state index < -0.39 is 0 Å². The third-order valence-corrected chi connectivity index (χ3v) is 7.68. The first-order chi connectivity index (χ1) is 17.9. The third kappa shape index (κ3) is 4.26. The van der Waals surface area contributed by atoms with E-state index in [1.807, 2.05) is 23.1 Å². The van der Waals surface area contributed by atoms with Crippen molar-refractivity contribution in [1.82, 2.24) is 14.5 Å². The van der Waals surface area contributed by atoms with Gasteiger partial charge in [0.05, 0.1) is 24.3 Å². The molecule has 192 valence electrons. The molecule has 0 bridgehead atoms. The van der Waals surface area contributed by atoms with Crippen molar-refractivity contribution in [2.24, 2.45) is 5.41 Å². The number of hydrogen-bond acceptors (Lipinski definition) is 7. The van der Waals surface area contributed by atoms with Crippen LogP contribution in [0.15, 0.2) is 47.4 Å². The molecule has 3 aromatic rings. The van der Waals surface area contributed by atoms with E-state index in [0.29, 0.717) is 67.6 Å². The fourth-order valence-electron chi connectivity index (χ4n) is 5.56. The van der Waals surface area contributed by atoms with Crippen molar-refractivity contribution >= 4 is 28.5 Å². The third-order valence-electron chi connectivity index (χ3n) is 7.68. The van der Waals surface area contributed by atoms with Crippen molar-refractivity contribution in [1.29, 1.82) is 0 Å². The number of aromatic nitrogens is 2. The highest BCUT2D eigenvalue weighted by molar-refractivity contribution is 5.96. The standard InChI is InChI=1S/C27H28N4O6/c1-35-19-3-4-20-21(13-19)30(25(33)15-28-20)16-26(34)29-8-6-27(7-9-29)14-24(32)31(17-27)18-2-5-22-23(12-18)37-11-10-36-22/h2-5,12-13,15H,6-11,14,16-17H2,1H3. The molecule has 3 aliphatic heterocycles. The molecule has 10 nitrogen and oxygen atoms in total. The molecule has 0 radical (unpaired) electrons. The van der Waals surface area contributed by atoms with Crippen LogP contribution in [0.2, 0.25) is 0 Å². The predicted octanol–water partition coefficient (Wildman–Crippen LogP) is 2.22. The SMILES string of the molecule is COc1ccc2ncc(=O)n(CC(=O)N3CCC4(CC3)CC(=O)N(c3ccc5c(c3)OCCO5)C4)c2c1. The summed E-state index contributed by atoms with van der Waals surface area (Å²) in [6.45, 7) is 2.65. The number of carbonyl (C=O) groups is 2. The summed E-state index contributed by atoms with van der Waals surface area (Å²) in [4.78, 5) is 46.6. The van der Waals surface area contributed by atoms with Gasteiger partial charge in [0.25, 0.3) is 5.56 Å². The fraction of sp³-hybridized carbons (Fsp3) is 0.407. The highest BCUT2D eigenvalue weighted by Gasteiger charge is 2.46. The molecule has 0 unspecified atom stereocenters. The lowest BCUT2D eigenvalue weighted by molar-refractivity contribution is -0.134. The molecule has 4 heterocycles. The Morgan fingerprint density at radius 2 is 1.84 bits per heavy atom. The van der Waals surface area contributed by atoms with Crippen molar-refractivity contribution in [2.75, 3.05) is 44.9 Å². The summed E-state index contributed by atoms with van der Waals surface area (Å²) in [7, 11) is 1.55. The molecule has 3 aliphatic rings. The topological polar surface area (TPSA) is 103 Å². The first kappa shape index (κ1) is 23.3. The fourth-order valence-corrected chi connectivity index (χ4v) is 5.56. The van der Waals surface area contributed by atoms with Gasteiger partial charge >= 0.3 is 0 Å². The molecule has 1 spiro atoms. The van der Waals surface area contributed by atoms with Crippen LogP contribution < -0.4 is 24.7 Å². The summed E-state index contributed by atoms with van der Waals surface area (Å²) in [6, 6.07) is 10.9. The number of benzene rings is 2. The maximum atomic E-state index is 13.2. The van der Waals surface area contributed by atoms with Gasteiger partial charge in [-0.2, -0.15) is 0 Å². The van der Waals surface area contributed by atoms with Gasteiger partial charge in [0.15, 0.2) is 11.5 Å². The highest BCUT2D eigenvalue weighted by atomic mass is 16.6. The Hall–Kier alpha value is -4.08. The van der Waals surface area contributed by atoms with E-state index in [0.717, 1.165) is 18.5 Å². The highest BCUT2D eigenvalue weighted by Crippen LogP contribution is 2.44. The van der Waals surface area contributed by atoms with E-state index in [1.165, 1.54) is 10.8 Å². The first-order valence-electron chi connectivity index (χ1n) is 12.5. The van der Waals surface area contributed by atoms with Crippen LogP contribution in [-0.4, -0.2) is 66.2 Å². The van der Waals surface area contributed by atoms with Gasteiger partial charge in [-0.15, -0.1) is 0 Å². The molecule has 1 aromatic heterocycles. The maximum Gasteiger partial charge on any atom is 0.269 e. The lowest BCUT2D eigenvalue weighted by Gasteiger charge is -2.39. The Morgan fingerprint density at radius 3 is 2.62 bits per heavy atom. The number of methoxy groups -OCH3 is 1. The maximum absolute atomic E-state index is 13.2. The number of nitrogens with zero attached hydrogens (tertiary/aromatic N) is 4. The zero-order chi connectivity index (χ0) is 25.6.